The summed E-state index contributed by atoms with van der Waals surface area (Å²) in [4.78, 5) is 22.7. The van der Waals surface area contributed by atoms with Crippen LogP contribution in [0, 0.1) is 11.7 Å². The summed E-state index contributed by atoms with van der Waals surface area (Å²) >= 11 is 3.02. The molecule has 1 aliphatic rings. The minimum atomic E-state index is -1.18. The first-order valence-electron chi connectivity index (χ1n) is 5.87. The Balaban J connectivity index is 2.30. The average Bonchev–Trinajstić information content (AvgIpc) is 2.27. The van der Waals surface area contributed by atoms with Crippen molar-refractivity contribution in [1.82, 2.24) is 0 Å². The van der Waals surface area contributed by atoms with Crippen molar-refractivity contribution in [1.29, 1.82) is 0 Å². The summed E-state index contributed by atoms with van der Waals surface area (Å²) in [6.45, 7) is -0.605. The van der Waals surface area contributed by atoms with E-state index in [1.807, 2.05) is 0 Å². The van der Waals surface area contributed by atoms with Gasteiger partial charge in [0.15, 0.2) is 12.4 Å². The van der Waals surface area contributed by atoms with Gasteiger partial charge in [0.1, 0.15) is 11.6 Å². The van der Waals surface area contributed by atoms with Crippen molar-refractivity contribution in [2.24, 2.45) is 5.92 Å². The predicted octanol–water partition coefficient (Wildman–Crippen LogP) is 3.03. The summed E-state index contributed by atoms with van der Waals surface area (Å²) in [5, 5.41) is 8.58. The van der Waals surface area contributed by atoms with E-state index in [1.165, 1.54) is 6.07 Å². The Morgan fingerprint density at radius 3 is 2.63 bits per heavy atom. The first-order valence-corrected chi connectivity index (χ1v) is 6.66. The highest BCUT2D eigenvalue weighted by atomic mass is 79.9. The van der Waals surface area contributed by atoms with Gasteiger partial charge in [0, 0.05) is 12.0 Å². The van der Waals surface area contributed by atoms with Crippen molar-refractivity contribution in [3.05, 3.63) is 28.0 Å². The molecule has 0 aliphatic heterocycles. The topological polar surface area (TPSA) is 63.6 Å². The van der Waals surface area contributed by atoms with Gasteiger partial charge >= 0.3 is 5.97 Å². The zero-order valence-electron chi connectivity index (χ0n) is 9.99. The van der Waals surface area contributed by atoms with Gasteiger partial charge in [0.25, 0.3) is 0 Å². The molecular formula is C13H12BrFO4. The van der Waals surface area contributed by atoms with E-state index in [0.717, 1.165) is 25.3 Å². The van der Waals surface area contributed by atoms with Crippen LogP contribution in [0.3, 0.4) is 0 Å². The van der Waals surface area contributed by atoms with Crippen LogP contribution in [0.1, 0.15) is 29.6 Å². The van der Waals surface area contributed by atoms with Crippen molar-refractivity contribution in [3.63, 3.8) is 0 Å². The molecule has 0 heterocycles. The third-order valence-corrected chi connectivity index (χ3v) is 3.72. The Morgan fingerprint density at radius 1 is 1.42 bits per heavy atom. The minimum absolute atomic E-state index is 0.0139. The van der Waals surface area contributed by atoms with Crippen LogP contribution in [0.25, 0.3) is 0 Å². The molecule has 0 saturated heterocycles. The Kier molecular flexibility index (Phi) is 4.19. The second-order valence-corrected chi connectivity index (χ2v) is 5.29. The quantitative estimate of drug-likeness (QED) is 0.843. The summed E-state index contributed by atoms with van der Waals surface area (Å²) in [5.41, 5.74) is 0.235. The van der Waals surface area contributed by atoms with Gasteiger partial charge in [-0.1, -0.05) is 6.42 Å². The van der Waals surface area contributed by atoms with E-state index < -0.39 is 18.4 Å². The Labute approximate surface area is 117 Å². The van der Waals surface area contributed by atoms with Gasteiger partial charge in [-0.25, -0.2) is 9.18 Å². The van der Waals surface area contributed by atoms with E-state index in [9.17, 15) is 14.0 Å². The molecule has 0 aromatic heterocycles. The third-order valence-electron chi connectivity index (χ3n) is 3.12. The smallest absolute Gasteiger partial charge is 0.341 e. The molecule has 0 unspecified atom stereocenters. The van der Waals surface area contributed by atoms with Gasteiger partial charge in [0.05, 0.1) is 10.0 Å². The van der Waals surface area contributed by atoms with Crippen LogP contribution in [0.2, 0.25) is 0 Å². The second kappa shape index (κ2) is 5.69. The summed E-state index contributed by atoms with van der Waals surface area (Å²) in [5.74, 6) is -1.97. The van der Waals surface area contributed by atoms with E-state index in [4.69, 9.17) is 9.84 Å². The maximum absolute atomic E-state index is 13.5. The van der Waals surface area contributed by atoms with E-state index in [1.54, 1.807) is 0 Å². The van der Waals surface area contributed by atoms with Crippen molar-refractivity contribution in [2.45, 2.75) is 19.3 Å². The lowest BCUT2D eigenvalue weighted by molar-refractivity contribution is -0.139. The minimum Gasteiger partial charge on any atom is -0.481 e. The monoisotopic (exact) mass is 330 g/mol. The van der Waals surface area contributed by atoms with Gasteiger partial charge in [-0.05, 0) is 34.8 Å². The number of Topliss-reactive ketones (excluding diaryl/α,β-unsaturated/α-hetero) is 1. The Bertz CT molecular complexity index is 526. The van der Waals surface area contributed by atoms with E-state index in [0.29, 0.717) is 0 Å². The molecule has 102 valence electrons. The number of ether oxygens (including phenoxy) is 1. The summed E-state index contributed by atoms with van der Waals surface area (Å²) < 4.78 is 18.6. The highest BCUT2D eigenvalue weighted by Crippen LogP contribution is 2.34. The standard InChI is InChI=1S/C13H12BrFO4/c14-9-4-8(13(18)7-2-1-3-7)11(5-10(9)15)19-6-12(16)17/h4-5,7H,1-3,6H2,(H,16,17). The van der Waals surface area contributed by atoms with E-state index >= 15 is 0 Å². The zero-order valence-corrected chi connectivity index (χ0v) is 11.6. The summed E-state index contributed by atoms with van der Waals surface area (Å²) in [6, 6.07) is 2.39. The van der Waals surface area contributed by atoms with Crippen LogP contribution >= 0.6 is 15.9 Å². The molecule has 0 atom stereocenters. The number of carbonyl (C=O) groups is 2. The molecule has 1 aliphatic carbocycles. The zero-order chi connectivity index (χ0) is 14.0. The van der Waals surface area contributed by atoms with Gasteiger partial charge in [-0.3, -0.25) is 4.79 Å². The van der Waals surface area contributed by atoms with Gasteiger partial charge < -0.3 is 9.84 Å². The Morgan fingerprint density at radius 2 is 2.11 bits per heavy atom. The van der Waals surface area contributed by atoms with E-state index in [2.05, 4.69) is 15.9 Å². The molecule has 1 aromatic carbocycles. The average molecular weight is 331 g/mol. The number of ketones is 1. The number of aliphatic carboxylic acids is 1. The SMILES string of the molecule is O=C(O)COc1cc(F)c(Br)cc1C(=O)C1CCC1. The number of carboxylic acids is 1. The van der Waals surface area contributed by atoms with Gasteiger partial charge in [0.2, 0.25) is 0 Å². The van der Waals surface area contributed by atoms with Crippen LogP contribution < -0.4 is 4.74 Å². The van der Waals surface area contributed by atoms with Crippen LogP contribution in [0.4, 0.5) is 4.39 Å². The normalized spacial score (nSPS) is 14.8. The Hall–Kier alpha value is -1.43. The molecule has 0 amide bonds. The van der Waals surface area contributed by atoms with Gasteiger partial charge in [-0.2, -0.15) is 0 Å². The summed E-state index contributed by atoms with van der Waals surface area (Å²) in [6.07, 6.45) is 2.63. The molecule has 1 N–H and O–H groups in total. The largest absolute Gasteiger partial charge is 0.481 e. The van der Waals surface area contributed by atoms with Gasteiger partial charge in [-0.15, -0.1) is 0 Å². The predicted molar refractivity (Wildman–Crippen MR) is 68.9 cm³/mol. The van der Waals surface area contributed by atoms with Crippen molar-refractivity contribution >= 4 is 27.7 Å². The van der Waals surface area contributed by atoms with Crippen molar-refractivity contribution in [2.75, 3.05) is 6.61 Å². The van der Waals surface area contributed by atoms with Crippen LogP contribution in [0.15, 0.2) is 16.6 Å². The summed E-state index contributed by atoms with van der Waals surface area (Å²) in [7, 11) is 0. The van der Waals surface area contributed by atoms with Crippen molar-refractivity contribution < 1.29 is 23.8 Å². The third kappa shape index (κ3) is 3.12. The molecule has 4 nitrogen and oxygen atoms in total. The second-order valence-electron chi connectivity index (χ2n) is 4.44. The molecule has 0 bridgehead atoms. The maximum Gasteiger partial charge on any atom is 0.341 e. The number of benzene rings is 1. The lowest BCUT2D eigenvalue weighted by Crippen LogP contribution is -2.23. The fourth-order valence-corrected chi connectivity index (χ4v) is 2.21. The molecule has 0 spiro atoms. The molecule has 1 fully saturated rings. The molecule has 0 radical (unpaired) electrons. The van der Waals surface area contributed by atoms with E-state index in [-0.39, 0.29) is 27.5 Å². The molecule has 1 aromatic rings. The maximum atomic E-state index is 13.5. The molecule has 2 rings (SSSR count). The molecule has 19 heavy (non-hydrogen) atoms. The highest BCUT2D eigenvalue weighted by molar-refractivity contribution is 9.10. The molecular weight excluding hydrogens is 319 g/mol. The number of rotatable bonds is 5. The highest BCUT2D eigenvalue weighted by Gasteiger charge is 2.29. The fourth-order valence-electron chi connectivity index (χ4n) is 1.87. The number of hydrogen-bond acceptors (Lipinski definition) is 3. The van der Waals surface area contributed by atoms with Crippen LogP contribution in [0.5, 0.6) is 5.75 Å². The fraction of sp³-hybridized carbons (Fsp3) is 0.385. The molecule has 1 saturated carbocycles. The number of carboxylic acid groups (broad SMARTS) is 1. The number of carbonyl (C=O) groups excluding carboxylic acids is 1. The number of hydrogen-bond donors (Lipinski definition) is 1. The lowest BCUT2D eigenvalue weighted by atomic mass is 9.80. The van der Waals surface area contributed by atoms with Crippen LogP contribution in [-0.2, 0) is 4.79 Å². The van der Waals surface area contributed by atoms with Crippen LogP contribution in [-0.4, -0.2) is 23.5 Å². The molecule has 6 heteroatoms. The van der Waals surface area contributed by atoms with Crippen molar-refractivity contribution in [3.8, 4) is 5.75 Å². The first kappa shape index (κ1) is 14.0. The number of halogens is 2. The lowest BCUT2D eigenvalue weighted by Gasteiger charge is -2.24. The first-order chi connectivity index (χ1) is 8.99.